The number of furan rings is 1. The van der Waals surface area contributed by atoms with Crippen LogP contribution in [0.2, 0.25) is 0 Å². The van der Waals surface area contributed by atoms with Crippen LogP contribution in [0, 0.1) is 0 Å². The van der Waals surface area contributed by atoms with E-state index in [4.69, 9.17) is 14.4 Å². The molecule has 0 atom stereocenters. The van der Waals surface area contributed by atoms with Crippen LogP contribution in [0.1, 0.15) is 0 Å². The summed E-state index contributed by atoms with van der Waals surface area (Å²) in [6.45, 7) is 0. The number of benzene rings is 6. The van der Waals surface area contributed by atoms with E-state index < -0.39 is 0 Å². The predicted octanol–water partition coefficient (Wildman–Crippen LogP) is 10.4. The fraction of sp³-hybridized carbons (Fsp3) is 0. The summed E-state index contributed by atoms with van der Waals surface area (Å²) in [6.07, 6.45) is 0. The monoisotopic (exact) mass is 528 g/mol. The molecule has 0 aliphatic heterocycles. The molecule has 0 saturated carbocycles. The molecule has 186 valence electrons. The molecule has 9 rings (SSSR count). The lowest BCUT2D eigenvalue weighted by molar-refractivity contribution is 0.655. The molecule has 9 aromatic rings. The van der Waals surface area contributed by atoms with Gasteiger partial charge in [0.2, 0.25) is 5.71 Å². The van der Waals surface area contributed by atoms with Crippen molar-refractivity contribution < 1.29 is 4.42 Å². The third kappa shape index (κ3) is 3.17. The maximum Gasteiger partial charge on any atom is 0.246 e. The molecule has 40 heavy (non-hydrogen) atoms. The van der Waals surface area contributed by atoms with Gasteiger partial charge < -0.3 is 4.42 Å². The fourth-order valence-corrected chi connectivity index (χ4v) is 7.23. The van der Waals surface area contributed by atoms with Crippen LogP contribution in [0.15, 0.2) is 126 Å². The van der Waals surface area contributed by atoms with Crippen LogP contribution in [0.4, 0.5) is 0 Å². The maximum atomic E-state index is 6.09. The van der Waals surface area contributed by atoms with Crippen LogP contribution >= 0.6 is 11.3 Å². The zero-order chi connectivity index (χ0) is 26.2. The Hall–Kier alpha value is -5.06. The minimum absolute atomic E-state index is 0.572. The number of thiophene rings is 1. The van der Waals surface area contributed by atoms with E-state index in [1.807, 2.05) is 41.7 Å². The highest BCUT2D eigenvalue weighted by molar-refractivity contribution is 7.26. The maximum absolute atomic E-state index is 6.09. The number of nitrogens with zero attached hydrogens (tertiary/aromatic N) is 2. The third-order valence-corrected chi connectivity index (χ3v) is 9.06. The molecule has 0 bridgehead atoms. The summed E-state index contributed by atoms with van der Waals surface area (Å²) in [4.78, 5) is 9.61. The highest BCUT2D eigenvalue weighted by Gasteiger charge is 2.16. The van der Waals surface area contributed by atoms with Gasteiger partial charge in [-0.25, -0.2) is 9.97 Å². The lowest BCUT2D eigenvalue weighted by Crippen LogP contribution is -1.85. The Labute approximate surface area is 233 Å². The zero-order valence-electron chi connectivity index (χ0n) is 21.3. The van der Waals surface area contributed by atoms with Crippen LogP contribution in [0.5, 0.6) is 0 Å². The number of rotatable bonds is 2. The van der Waals surface area contributed by atoms with Crippen molar-refractivity contribution in [2.24, 2.45) is 0 Å². The molecule has 6 aromatic carbocycles. The summed E-state index contributed by atoms with van der Waals surface area (Å²) in [7, 11) is 0. The van der Waals surface area contributed by atoms with Crippen LogP contribution < -0.4 is 0 Å². The van der Waals surface area contributed by atoms with E-state index >= 15 is 0 Å². The molecule has 0 saturated heterocycles. The first-order valence-electron chi connectivity index (χ1n) is 13.3. The molecule has 0 radical (unpaired) electrons. The average molecular weight is 529 g/mol. The minimum Gasteiger partial charge on any atom is -0.436 e. The van der Waals surface area contributed by atoms with E-state index in [1.54, 1.807) is 0 Å². The normalized spacial score (nSPS) is 12.0. The first kappa shape index (κ1) is 21.8. The number of hydrogen-bond acceptors (Lipinski definition) is 4. The first-order valence-corrected chi connectivity index (χ1v) is 14.1. The van der Waals surface area contributed by atoms with Crippen molar-refractivity contribution in [3.8, 4) is 22.3 Å². The van der Waals surface area contributed by atoms with Crippen LogP contribution in [0.25, 0.3) is 86.4 Å². The molecule has 0 spiro atoms. The lowest BCUT2D eigenvalue weighted by atomic mass is 9.94. The Bertz CT molecular complexity index is 2450. The quantitative estimate of drug-likeness (QED) is 0.224. The molecule has 0 aliphatic rings. The Morgan fingerprint density at radius 2 is 1.30 bits per heavy atom. The summed E-state index contributed by atoms with van der Waals surface area (Å²) in [5.74, 6) is 0. The molecule has 3 nitrogen and oxygen atoms in total. The Morgan fingerprint density at radius 3 is 2.23 bits per heavy atom. The fourth-order valence-electron chi connectivity index (χ4n) is 5.97. The van der Waals surface area contributed by atoms with Crippen molar-refractivity contribution in [3.05, 3.63) is 121 Å². The highest BCUT2D eigenvalue weighted by Crippen LogP contribution is 2.44. The predicted molar refractivity (Wildman–Crippen MR) is 168 cm³/mol. The van der Waals surface area contributed by atoms with E-state index in [2.05, 4.69) is 91.0 Å². The Balaban J connectivity index is 1.25. The standard InChI is InChI=1S/C36H20N2OS/c1-2-11-25-24(8-1)20-27(35-33(25)26-12-3-6-15-32(26)40-35)23-10-7-9-21(18-23)22-16-17-31-28(19-22)34-36(39-31)38-30-14-5-4-13-29(30)37-34/h1-20H. The molecule has 0 N–H and O–H groups in total. The van der Waals surface area contributed by atoms with Gasteiger partial charge in [-0.3, -0.25) is 0 Å². The minimum atomic E-state index is 0.572. The summed E-state index contributed by atoms with van der Waals surface area (Å²) in [5, 5.41) is 6.21. The van der Waals surface area contributed by atoms with Gasteiger partial charge in [-0.1, -0.05) is 78.9 Å². The molecule has 4 heteroatoms. The van der Waals surface area contributed by atoms with Gasteiger partial charge in [-0.05, 0) is 69.9 Å². The molecular weight excluding hydrogens is 508 g/mol. The van der Waals surface area contributed by atoms with E-state index in [0.29, 0.717) is 5.71 Å². The molecule has 3 heterocycles. The molecule has 3 aromatic heterocycles. The third-order valence-electron chi connectivity index (χ3n) is 7.86. The molecule has 0 unspecified atom stereocenters. The number of fused-ring (bicyclic) bond motifs is 9. The molecular formula is C36H20N2OS. The Morgan fingerprint density at radius 1 is 0.550 bits per heavy atom. The van der Waals surface area contributed by atoms with Gasteiger partial charge in [0.25, 0.3) is 0 Å². The highest BCUT2D eigenvalue weighted by atomic mass is 32.1. The largest absolute Gasteiger partial charge is 0.436 e. The van der Waals surface area contributed by atoms with E-state index in [9.17, 15) is 0 Å². The zero-order valence-corrected chi connectivity index (χ0v) is 22.1. The second-order valence-electron chi connectivity index (χ2n) is 10.2. The topological polar surface area (TPSA) is 38.9 Å². The van der Waals surface area contributed by atoms with Crippen molar-refractivity contribution in [1.29, 1.82) is 0 Å². The van der Waals surface area contributed by atoms with Crippen molar-refractivity contribution >= 4 is 75.5 Å². The SMILES string of the molecule is c1cc(-c2ccc3oc4nc5ccccc5nc4c3c2)cc(-c2cc3ccccc3c3c2sc2ccccc23)c1. The van der Waals surface area contributed by atoms with Gasteiger partial charge in [0.1, 0.15) is 11.1 Å². The average Bonchev–Trinajstić information content (AvgIpc) is 3.57. The van der Waals surface area contributed by atoms with Crippen molar-refractivity contribution in [1.82, 2.24) is 9.97 Å². The second-order valence-corrected chi connectivity index (χ2v) is 11.3. The summed E-state index contributed by atoms with van der Waals surface area (Å²) >= 11 is 1.88. The van der Waals surface area contributed by atoms with Gasteiger partial charge in [0.15, 0.2) is 0 Å². The van der Waals surface area contributed by atoms with Gasteiger partial charge in [-0.2, -0.15) is 0 Å². The first-order chi connectivity index (χ1) is 19.8. The van der Waals surface area contributed by atoms with Gasteiger partial charge >= 0.3 is 0 Å². The number of aromatic nitrogens is 2. The van der Waals surface area contributed by atoms with E-state index in [1.165, 1.54) is 42.1 Å². The van der Waals surface area contributed by atoms with Gasteiger partial charge in [0.05, 0.1) is 11.0 Å². The summed E-state index contributed by atoms with van der Waals surface area (Å²) in [5.41, 5.74) is 8.64. The van der Waals surface area contributed by atoms with Crippen molar-refractivity contribution in [2.45, 2.75) is 0 Å². The second kappa shape index (κ2) is 8.22. The van der Waals surface area contributed by atoms with E-state index in [-0.39, 0.29) is 0 Å². The van der Waals surface area contributed by atoms with Crippen molar-refractivity contribution in [2.75, 3.05) is 0 Å². The number of hydrogen-bond donors (Lipinski definition) is 0. The van der Waals surface area contributed by atoms with E-state index in [0.717, 1.165) is 38.6 Å². The van der Waals surface area contributed by atoms with Gasteiger partial charge in [0, 0.05) is 31.1 Å². The lowest BCUT2D eigenvalue weighted by Gasteiger charge is -2.10. The van der Waals surface area contributed by atoms with Crippen LogP contribution in [-0.2, 0) is 0 Å². The van der Waals surface area contributed by atoms with Gasteiger partial charge in [-0.15, -0.1) is 11.3 Å². The molecule has 0 amide bonds. The van der Waals surface area contributed by atoms with Crippen LogP contribution in [0.3, 0.4) is 0 Å². The van der Waals surface area contributed by atoms with Crippen LogP contribution in [-0.4, -0.2) is 9.97 Å². The van der Waals surface area contributed by atoms with Crippen molar-refractivity contribution in [3.63, 3.8) is 0 Å². The smallest absolute Gasteiger partial charge is 0.246 e. The summed E-state index contributed by atoms with van der Waals surface area (Å²) < 4.78 is 8.74. The summed E-state index contributed by atoms with van der Waals surface area (Å²) in [6, 6.07) is 42.9. The number of para-hydroxylation sites is 2. The Kier molecular flexibility index (Phi) is 4.48. The molecule has 0 aliphatic carbocycles. The molecule has 0 fully saturated rings.